The summed E-state index contributed by atoms with van der Waals surface area (Å²) >= 11 is 3.33. The van der Waals surface area contributed by atoms with Crippen molar-refractivity contribution in [2.45, 2.75) is 19.4 Å². The molecule has 0 saturated carbocycles. The van der Waals surface area contributed by atoms with Crippen LogP contribution >= 0.6 is 15.9 Å². The van der Waals surface area contributed by atoms with E-state index >= 15 is 0 Å². The largest absolute Gasteiger partial charge is 0.506 e. The van der Waals surface area contributed by atoms with Gasteiger partial charge in [0, 0.05) is 18.7 Å². The Bertz CT molecular complexity index is 528. The summed E-state index contributed by atoms with van der Waals surface area (Å²) in [6, 6.07) is 16.1. The van der Waals surface area contributed by atoms with Crippen LogP contribution in [0.5, 0.6) is 5.75 Å². The van der Waals surface area contributed by atoms with Crippen molar-refractivity contribution in [3.63, 3.8) is 0 Å². The number of aromatic hydroxyl groups is 1. The molecule has 3 heteroatoms. The van der Waals surface area contributed by atoms with E-state index in [9.17, 15) is 5.11 Å². The molecule has 0 spiro atoms. The van der Waals surface area contributed by atoms with Crippen molar-refractivity contribution in [3.05, 3.63) is 64.1 Å². The second-order valence-electron chi connectivity index (χ2n) is 4.69. The zero-order chi connectivity index (χ0) is 13.7. The Morgan fingerprint density at radius 3 is 2.58 bits per heavy atom. The van der Waals surface area contributed by atoms with Crippen LogP contribution in [-0.4, -0.2) is 11.7 Å². The highest BCUT2D eigenvalue weighted by atomic mass is 79.9. The van der Waals surface area contributed by atoms with E-state index < -0.39 is 0 Å². The average molecular weight is 320 g/mol. The third-order valence-electron chi connectivity index (χ3n) is 3.20. The lowest BCUT2D eigenvalue weighted by Crippen LogP contribution is -2.19. The van der Waals surface area contributed by atoms with Gasteiger partial charge >= 0.3 is 0 Å². The van der Waals surface area contributed by atoms with Crippen LogP contribution in [0.25, 0.3) is 0 Å². The van der Waals surface area contributed by atoms with Crippen molar-refractivity contribution in [1.82, 2.24) is 5.32 Å². The van der Waals surface area contributed by atoms with E-state index in [0.717, 1.165) is 16.6 Å². The predicted molar refractivity (Wildman–Crippen MR) is 82.4 cm³/mol. The Hall–Kier alpha value is -1.32. The van der Waals surface area contributed by atoms with E-state index in [4.69, 9.17) is 0 Å². The highest BCUT2D eigenvalue weighted by Gasteiger charge is 2.07. The maximum absolute atomic E-state index is 9.89. The molecular weight excluding hydrogens is 302 g/mol. The topological polar surface area (TPSA) is 32.3 Å². The number of nitrogens with one attached hydrogen (secondary N) is 1. The molecule has 0 aliphatic rings. The molecular formula is C16H18BrNO. The molecule has 19 heavy (non-hydrogen) atoms. The van der Waals surface area contributed by atoms with Crippen molar-refractivity contribution >= 4 is 15.9 Å². The van der Waals surface area contributed by atoms with E-state index in [0.29, 0.717) is 18.2 Å². The molecule has 0 bridgehead atoms. The van der Waals surface area contributed by atoms with E-state index in [2.05, 4.69) is 52.4 Å². The van der Waals surface area contributed by atoms with E-state index in [1.54, 1.807) is 0 Å². The molecule has 100 valence electrons. The smallest absolute Gasteiger partial charge is 0.134 e. The van der Waals surface area contributed by atoms with Gasteiger partial charge in [0.1, 0.15) is 5.75 Å². The van der Waals surface area contributed by atoms with Gasteiger partial charge in [-0.25, -0.2) is 0 Å². The van der Waals surface area contributed by atoms with Gasteiger partial charge in [-0.15, -0.1) is 0 Å². The van der Waals surface area contributed by atoms with Crippen molar-refractivity contribution in [2.75, 3.05) is 6.54 Å². The number of para-hydroxylation sites is 1. The SMILES string of the molecule is CC(CNCc1cccc(Br)c1O)c1ccccc1. The summed E-state index contributed by atoms with van der Waals surface area (Å²) in [5, 5.41) is 13.3. The molecule has 0 aromatic heterocycles. The number of hydrogen-bond donors (Lipinski definition) is 2. The van der Waals surface area contributed by atoms with Gasteiger partial charge in [0.25, 0.3) is 0 Å². The molecule has 1 atom stereocenters. The van der Waals surface area contributed by atoms with Crippen LogP contribution in [0.2, 0.25) is 0 Å². The molecule has 2 rings (SSSR count). The first-order chi connectivity index (χ1) is 9.18. The molecule has 0 radical (unpaired) electrons. The molecule has 0 saturated heterocycles. The minimum atomic E-state index is 0.322. The summed E-state index contributed by atoms with van der Waals surface area (Å²) in [5.41, 5.74) is 2.24. The molecule has 2 nitrogen and oxygen atoms in total. The van der Waals surface area contributed by atoms with E-state index in [-0.39, 0.29) is 0 Å². The Morgan fingerprint density at radius 2 is 1.84 bits per heavy atom. The van der Waals surface area contributed by atoms with Gasteiger partial charge in [0.05, 0.1) is 4.47 Å². The summed E-state index contributed by atoms with van der Waals surface area (Å²) in [5.74, 6) is 0.776. The summed E-state index contributed by atoms with van der Waals surface area (Å²) < 4.78 is 0.739. The number of phenolic OH excluding ortho intramolecular Hbond substituents is 1. The number of hydrogen-bond acceptors (Lipinski definition) is 2. The van der Waals surface area contributed by atoms with Gasteiger partial charge in [0.2, 0.25) is 0 Å². The van der Waals surface area contributed by atoms with Gasteiger partial charge < -0.3 is 10.4 Å². The Kier molecular flexibility index (Phi) is 5.00. The number of halogens is 1. The Balaban J connectivity index is 1.88. The third kappa shape index (κ3) is 3.82. The van der Waals surface area contributed by atoms with Gasteiger partial charge in [-0.3, -0.25) is 0 Å². The fraction of sp³-hybridized carbons (Fsp3) is 0.250. The summed E-state index contributed by atoms with van der Waals surface area (Å²) in [7, 11) is 0. The second-order valence-corrected chi connectivity index (χ2v) is 5.54. The van der Waals surface area contributed by atoms with E-state index in [1.807, 2.05) is 24.3 Å². The van der Waals surface area contributed by atoms with Crippen molar-refractivity contribution in [2.24, 2.45) is 0 Å². The highest BCUT2D eigenvalue weighted by Crippen LogP contribution is 2.27. The fourth-order valence-electron chi connectivity index (χ4n) is 2.03. The molecule has 1 unspecified atom stereocenters. The molecule has 0 aliphatic carbocycles. The van der Waals surface area contributed by atoms with Crippen LogP contribution in [0, 0.1) is 0 Å². The lowest BCUT2D eigenvalue weighted by molar-refractivity contribution is 0.460. The first-order valence-electron chi connectivity index (χ1n) is 6.40. The van der Waals surface area contributed by atoms with Crippen molar-refractivity contribution < 1.29 is 5.11 Å². The van der Waals surface area contributed by atoms with Crippen molar-refractivity contribution in [3.8, 4) is 5.75 Å². The van der Waals surface area contributed by atoms with E-state index in [1.165, 1.54) is 5.56 Å². The highest BCUT2D eigenvalue weighted by molar-refractivity contribution is 9.10. The summed E-state index contributed by atoms with van der Waals surface area (Å²) in [6.07, 6.45) is 0. The fourth-order valence-corrected chi connectivity index (χ4v) is 2.43. The normalized spacial score (nSPS) is 12.3. The van der Waals surface area contributed by atoms with Crippen LogP contribution < -0.4 is 5.32 Å². The monoisotopic (exact) mass is 319 g/mol. The van der Waals surface area contributed by atoms with Crippen LogP contribution in [0.4, 0.5) is 0 Å². The standard InChI is InChI=1S/C16H18BrNO/c1-12(13-6-3-2-4-7-13)10-18-11-14-8-5-9-15(17)16(14)19/h2-9,12,18-19H,10-11H2,1H3. The molecule has 0 heterocycles. The molecule has 0 fully saturated rings. The molecule has 2 aromatic carbocycles. The van der Waals surface area contributed by atoms with Crippen molar-refractivity contribution in [1.29, 1.82) is 0 Å². The first-order valence-corrected chi connectivity index (χ1v) is 7.20. The Labute approximate surface area is 122 Å². The van der Waals surface area contributed by atoms with Crippen LogP contribution in [0.15, 0.2) is 53.0 Å². The second kappa shape index (κ2) is 6.73. The average Bonchev–Trinajstić information content (AvgIpc) is 2.44. The zero-order valence-corrected chi connectivity index (χ0v) is 12.5. The molecule has 0 amide bonds. The molecule has 2 N–H and O–H groups in total. The van der Waals surface area contributed by atoms with Crippen LogP contribution in [0.1, 0.15) is 24.0 Å². The van der Waals surface area contributed by atoms with Gasteiger partial charge in [0.15, 0.2) is 0 Å². The number of rotatable bonds is 5. The minimum absolute atomic E-state index is 0.322. The zero-order valence-electron chi connectivity index (χ0n) is 10.9. The Morgan fingerprint density at radius 1 is 1.11 bits per heavy atom. The first kappa shape index (κ1) is 14.1. The quantitative estimate of drug-likeness (QED) is 0.871. The number of benzene rings is 2. The third-order valence-corrected chi connectivity index (χ3v) is 3.84. The van der Waals surface area contributed by atoms with Crippen LogP contribution in [0.3, 0.4) is 0 Å². The predicted octanol–water partition coefficient (Wildman–Crippen LogP) is 4.05. The van der Waals surface area contributed by atoms with Gasteiger partial charge in [-0.2, -0.15) is 0 Å². The van der Waals surface area contributed by atoms with Gasteiger partial charge in [-0.05, 0) is 33.5 Å². The summed E-state index contributed by atoms with van der Waals surface area (Å²) in [4.78, 5) is 0. The minimum Gasteiger partial charge on any atom is -0.506 e. The molecule has 0 aliphatic heterocycles. The van der Waals surface area contributed by atoms with Crippen LogP contribution in [-0.2, 0) is 6.54 Å². The summed E-state index contributed by atoms with van der Waals surface area (Å²) in [6.45, 7) is 3.75. The lowest BCUT2D eigenvalue weighted by Gasteiger charge is -2.13. The maximum Gasteiger partial charge on any atom is 0.134 e. The lowest BCUT2D eigenvalue weighted by atomic mass is 10.0. The van der Waals surface area contributed by atoms with Gasteiger partial charge in [-0.1, -0.05) is 49.4 Å². The number of phenols is 1. The maximum atomic E-state index is 9.89. The molecule has 2 aromatic rings.